The minimum atomic E-state index is -0.731. The van der Waals surface area contributed by atoms with Crippen molar-refractivity contribution in [3.63, 3.8) is 0 Å². The molecule has 4 nitrogen and oxygen atoms in total. The largest absolute Gasteiger partial charge is 0.516 e. The van der Waals surface area contributed by atoms with Gasteiger partial charge in [-0.05, 0) is 73.5 Å². The summed E-state index contributed by atoms with van der Waals surface area (Å²) in [6.45, 7) is 8.66. The summed E-state index contributed by atoms with van der Waals surface area (Å²) in [5, 5.41) is 13.2. The first kappa shape index (κ1) is 24.3. The van der Waals surface area contributed by atoms with Gasteiger partial charge in [-0.1, -0.05) is 60.7 Å². The second-order valence-electron chi connectivity index (χ2n) is 10.3. The van der Waals surface area contributed by atoms with E-state index in [4.69, 9.17) is 10.2 Å². The number of hydrogen-bond acceptors (Lipinski definition) is 4. The number of nitrogens with zero attached hydrogens (tertiary/aromatic N) is 4. The van der Waals surface area contributed by atoms with Crippen molar-refractivity contribution in [2.24, 2.45) is 10.2 Å². The van der Waals surface area contributed by atoms with E-state index in [1.54, 1.807) is 0 Å². The Kier molecular flexibility index (Phi) is 5.72. The molecule has 7 rings (SSSR count). The molecule has 2 aliphatic heterocycles. The van der Waals surface area contributed by atoms with Crippen molar-refractivity contribution >= 4 is 57.0 Å². The van der Waals surface area contributed by atoms with Crippen LogP contribution < -0.4 is 0 Å². The summed E-state index contributed by atoms with van der Waals surface area (Å²) < 4.78 is 3.66. The van der Waals surface area contributed by atoms with Gasteiger partial charge in [-0.2, -0.15) is 0 Å². The van der Waals surface area contributed by atoms with E-state index in [0.29, 0.717) is 0 Å². The van der Waals surface area contributed by atoms with Gasteiger partial charge >= 0.3 is 4.33 Å². The van der Waals surface area contributed by atoms with Crippen LogP contribution in [0.3, 0.4) is 0 Å². The molecule has 5 aromatic carbocycles. The molecular weight excluding hydrogens is 517 g/mol. The summed E-state index contributed by atoms with van der Waals surface area (Å²) in [7, 11) is 0. The van der Waals surface area contributed by atoms with E-state index in [1.807, 2.05) is 23.5 Å². The van der Waals surface area contributed by atoms with Gasteiger partial charge in [0.1, 0.15) is 11.4 Å². The first-order valence-electron chi connectivity index (χ1n) is 13.1. The molecule has 190 valence electrons. The standard InChI is InChI=1S/C33H28N4S2/c1-21-17-23(3)31-28(19-21)34-36(26-13-6-5-7-14-26)33(38-31)37(30-16-10-12-25-11-8-9-15-27(25)30)35-29-20-22(2)18-24(4)32(29)39-33/h5-20H,1-4H3/q+2/t33-/m0/s1. The van der Waals surface area contributed by atoms with Gasteiger partial charge < -0.3 is 0 Å². The molecule has 0 aliphatic carbocycles. The highest BCUT2D eigenvalue weighted by Gasteiger charge is 2.66. The number of hydrogen-bond donors (Lipinski definition) is 0. The topological polar surface area (TPSA) is 30.7 Å². The van der Waals surface area contributed by atoms with Crippen LogP contribution in [0.25, 0.3) is 10.8 Å². The summed E-state index contributed by atoms with van der Waals surface area (Å²) in [6, 6.07) is 34.4. The lowest BCUT2D eigenvalue weighted by Crippen LogP contribution is -2.43. The zero-order chi connectivity index (χ0) is 26.7. The quantitative estimate of drug-likeness (QED) is 0.207. The van der Waals surface area contributed by atoms with Gasteiger partial charge in [0.15, 0.2) is 0 Å². The third-order valence-electron chi connectivity index (χ3n) is 7.22. The van der Waals surface area contributed by atoms with E-state index in [1.165, 1.54) is 37.4 Å². The molecule has 0 amide bonds. The highest BCUT2D eigenvalue weighted by Crippen LogP contribution is 2.61. The monoisotopic (exact) mass is 544 g/mol. The van der Waals surface area contributed by atoms with E-state index in [-0.39, 0.29) is 0 Å². The normalized spacial score (nSPS) is 17.9. The molecule has 39 heavy (non-hydrogen) atoms. The van der Waals surface area contributed by atoms with Crippen LogP contribution in [0.4, 0.5) is 22.7 Å². The third kappa shape index (κ3) is 3.93. The number of para-hydroxylation sites is 1. The Morgan fingerprint density at radius 2 is 1.15 bits per heavy atom. The molecule has 5 aromatic rings. The fourth-order valence-corrected chi connectivity index (χ4v) is 8.52. The van der Waals surface area contributed by atoms with E-state index in [9.17, 15) is 0 Å². The Hall–Kier alpha value is -3.74. The maximum atomic E-state index is 5.45. The molecule has 0 saturated carbocycles. The second kappa shape index (κ2) is 9.18. The lowest BCUT2D eigenvalue weighted by atomic mass is 10.1. The highest BCUT2D eigenvalue weighted by molar-refractivity contribution is 8.17. The van der Waals surface area contributed by atoms with Crippen molar-refractivity contribution < 1.29 is 9.39 Å². The molecule has 0 bridgehead atoms. The predicted molar refractivity (Wildman–Crippen MR) is 161 cm³/mol. The summed E-state index contributed by atoms with van der Waals surface area (Å²) in [5.74, 6) is 0. The van der Waals surface area contributed by atoms with Crippen molar-refractivity contribution in [2.45, 2.75) is 41.8 Å². The molecular formula is C33H28N4S2+2. The first-order valence-corrected chi connectivity index (χ1v) is 14.7. The zero-order valence-electron chi connectivity index (χ0n) is 22.3. The summed E-state index contributed by atoms with van der Waals surface area (Å²) in [5.41, 5.74) is 8.96. The van der Waals surface area contributed by atoms with E-state index >= 15 is 0 Å². The van der Waals surface area contributed by atoms with Gasteiger partial charge in [-0.3, -0.25) is 0 Å². The Morgan fingerprint density at radius 3 is 1.82 bits per heavy atom. The van der Waals surface area contributed by atoms with Gasteiger partial charge in [-0.25, -0.2) is 0 Å². The van der Waals surface area contributed by atoms with Crippen molar-refractivity contribution in [2.75, 3.05) is 0 Å². The molecule has 1 spiro atoms. The van der Waals surface area contributed by atoms with E-state index in [2.05, 4.69) is 134 Å². The molecule has 0 radical (unpaired) electrons. The van der Waals surface area contributed by atoms with Gasteiger partial charge in [0, 0.05) is 37.8 Å². The molecule has 0 unspecified atom stereocenters. The van der Waals surface area contributed by atoms with Crippen LogP contribution >= 0.6 is 23.5 Å². The van der Waals surface area contributed by atoms with Crippen LogP contribution in [-0.2, 0) is 0 Å². The molecule has 1 atom stereocenters. The average Bonchev–Trinajstić information content (AvgIpc) is 2.93. The second-order valence-corrected chi connectivity index (χ2v) is 12.9. The zero-order valence-corrected chi connectivity index (χ0v) is 24.0. The minimum Gasteiger partial charge on any atom is -0.0618 e. The Labute approximate surface area is 237 Å². The number of benzene rings is 5. The van der Waals surface area contributed by atoms with Crippen molar-refractivity contribution in [1.29, 1.82) is 0 Å². The summed E-state index contributed by atoms with van der Waals surface area (Å²) >= 11 is 3.67. The van der Waals surface area contributed by atoms with Crippen LogP contribution in [-0.4, -0.2) is 13.7 Å². The molecule has 2 aliphatic rings. The molecule has 0 N–H and O–H groups in total. The summed E-state index contributed by atoms with van der Waals surface area (Å²) in [6.07, 6.45) is 0. The number of fused-ring (bicyclic) bond motifs is 3. The fraction of sp³-hybridized carbons (Fsp3) is 0.152. The van der Waals surface area contributed by atoms with Crippen molar-refractivity contribution in [1.82, 2.24) is 0 Å². The SMILES string of the molecule is Cc1cc(C)c2c(c1)N=[N+](c1ccccc1)[C@]1(S2)Sc2c(C)cc(C)cc2N=[N+]1c1cccc2ccccc12. The van der Waals surface area contributed by atoms with Crippen molar-refractivity contribution in [3.8, 4) is 0 Å². The molecule has 2 heterocycles. The fourth-order valence-electron chi connectivity index (χ4n) is 5.56. The Balaban J connectivity index is 1.60. The maximum absolute atomic E-state index is 5.45. The molecule has 0 aromatic heterocycles. The first-order chi connectivity index (χ1) is 18.9. The lowest BCUT2D eigenvalue weighted by Gasteiger charge is -2.29. The van der Waals surface area contributed by atoms with Crippen LogP contribution in [0, 0.1) is 27.7 Å². The van der Waals surface area contributed by atoms with E-state index < -0.39 is 4.33 Å². The van der Waals surface area contributed by atoms with Gasteiger partial charge in [0.05, 0.1) is 38.7 Å². The number of rotatable bonds is 2. The average molecular weight is 545 g/mol. The third-order valence-corrected chi connectivity index (χ3v) is 10.4. The van der Waals surface area contributed by atoms with E-state index in [0.717, 1.165) is 28.1 Å². The number of aryl methyl sites for hydroxylation is 4. The smallest absolute Gasteiger partial charge is 0.0618 e. The number of thioether (sulfide) groups is 2. The van der Waals surface area contributed by atoms with Crippen LogP contribution in [0.1, 0.15) is 22.3 Å². The van der Waals surface area contributed by atoms with Crippen LogP contribution in [0.2, 0.25) is 0 Å². The Morgan fingerprint density at radius 1 is 0.590 bits per heavy atom. The molecule has 0 fully saturated rings. The van der Waals surface area contributed by atoms with Gasteiger partial charge in [-0.15, -0.1) is 0 Å². The van der Waals surface area contributed by atoms with Crippen LogP contribution in [0.5, 0.6) is 0 Å². The highest BCUT2D eigenvalue weighted by atomic mass is 32.2. The van der Waals surface area contributed by atoms with Gasteiger partial charge in [0.25, 0.3) is 0 Å². The molecule has 0 saturated heterocycles. The molecule has 6 heteroatoms. The maximum Gasteiger partial charge on any atom is 0.516 e. The van der Waals surface area contributed by atoms with Gasteiger partial charge in [0.2, 0.25) is 11.4 Å². The Bertz CT molecular complexity index is 1850. The van der Waals surface area contributed by atoms with Crippen LogP contribution in [0.15, 0.2) is 117 Å². The summed E-state index contributed by atoms with van der Waals surface area (Å²) in [4.78, 5) is 2.38. The number of azo groups is 4. The lowest BCUT2D eigenvalue weighted by molar-refractivity contribution is -0.751. The predicted octanol–water partition coefficient (Wildman–Crippen LogP) is 10.5. The van der Waals surface area contributed by atoms with Crippen molar-refractivity contribution in [3.05, 3.63) is 119 Å². The minimum absolute atomic E-state index is 0.731.